The molecule has 0 amide bonds. The van der Waals surface area contributed by atoms with Gasteiger partial charge in [0.15, 0.2) is 11.2 Å². The molecule has 2 heterocycles. The summed E-state index contributed by atoms with van der Waals surface area (Å²) in [6, 6.07) is 5.51. The lowest BCUT2D eigenvalue weighted by atomic mass is 10.2. The molecule has 0 saturated heterocycles. The molecule has 3 aromatic rings. The number of aromatic nitrogens is 4. The minimum atomic E-state index is -4.81. The fraction of sp³-hybridized carbons (Fsp3) is 0.450. The first-order chi connectivity index (χ1) is 14.6. The second-order valence-electron chi connectivity index (χ2n) is 7.05. The van der Waals surface area contributed by atoms with Crippen molar-refractivity contribution in [1.82, 2.24) is 18.7 Å². The molecule has 8 nitrogen and oxygen atoms in total. The summed E-state index contributed by atoms with van der Waals surface area (Å²) in [6.07, 6.45) is -3.60. The molecule has 0 saturated carbocycles. The summed E-state index contributed by atoms with van der Waals surface area (Å²) in [5, 5.41) is 0. The van der Waals surface area contributed by atoms with Gasteiger partial charge in [-0.2, -0.15) is 0 Å². The summed E-state index contributed by atoms with van der Waals surface area (Å²) in [5.74, 6) is 0.133. The summed E-state index contributed by atoms with van der Waals surface area (Å²) in [6.45, 7) is 2.97. The van der Waals surface area contributed by atoms with Crippen LogP contribution in [0.3, 0.4) is 0 Å². The Bertz CT molecular complexity index is 1190. The van der Waals surface area contributed by atoms with E-state index in [1.54, 1.807) is 10.6 Å². The van der Waals surface area contributed by atoms with Crippen molar-refractivity contribution in [2.45, 2.75) is 32.7 Å². The van der Waals surface area contributed by atoms with Crippen LogP contribution in [0.25, 0.3) is 11.2 Å². The molecular weight excluding hydrogens is 417 g/mol. The van der Waals surface area contributed by atoms with Gasteiger partial charge < -0.3 is 14.0 Å². The van der Waals surface area contributed by atoms with Crippen molar-refractivity contribution in [1.29, 1.82) is 0 Å². The smallest absolute Gasteiger partial charge is 0.406 e. The highest BCUT2D eigenvalue weighted by atomic mass is 19.4. The van der Waals surface area contributed by atoms with E-state index in [4.69, 9.17) is 4.74 Å². The van der Waals surface area contributed by atoms with E-state index in [0.29, 0.717) is 31.0 Å². The van der Waals surface area contributed by atoms with Gasteiger partial charge >= 0.3 is 12.1 Å². The standard InChI is InChI=1S/C20H23F3N4O4/c1-4-9-30-10-8-15-24-17-16(18(28)26(3)19(29)25(17)2)27(15)12-13-6-5-7-14(11-13)31-20(21,22)23/h5-7,11H,4,8-10,12H2,1-3H3. The van der Waals surface area contributed by atoms with Crippen molar-refractivity contribution in [3.8, 4) is 5.75 Å². The molecule has 1 aromatic carbocycles. The molecule has 0 spiro atoms. The first-order valence-corrected chi connectivity index (χ1v) is 9.70. The SMILES string of the molecule is CCCOCCc1nc2c(c(=O)n(C)c(=O)n2C)n1Cc1cccc(OC(F)(F)F)c1. The van der Waals surface area contributed by atoms with Gasteiger partial charge in [0, 0.05) is 33.7 Å². The van der Waals surface area contributed by atoms with Crippen molar-refractivity contribution in [3.63, 3.8) is 0 Å². The maximum atomic E-state index is 12.8. The van der Waals surface area contributed by atoms with Crippen LogP contribution in [0.5, 0.6) is 5.75 Å². The number of hydrogen-bond acceptors (Lipinski definition) is 5. The summed E-state index contributed by atoms with van der Waals surface area (Å²) >= 11 is 0. The van der Waals surface area contributed by atoms with Crippen LogP contribution in [0.2, 0.25) is 0 Å². The van der Waals surface area contributed by atoms with Crippen LogP contribution in [-0.2, 0) is 31.8 Å². The van der Waals surface area contributed by atoms with Crippen LogP contribution in [0.4, 0.5) is 13.2 Å². The molecule has 0 aliphatic carbocycles. The van der Waals surface area contributed by atoms with Crippen LogP contribution in [0, 0.1) is 0 Å². The second-order valence-corrected chi connectivity index (χ2v) is 7.05. The van der Waals surface area contributed by atoms with Crippen molar-refractivity contribution in [2.24, 2.45) is 14.1 Å². The average molecular weight is 440 g/mol. The molecule has 0 bridgehead atoms. The number of alkyl halides is 3. The van der Waals surface area contributed by atoms with Gasteiger partial charge in [0.1, 0.15) is 11.6 Å². The van der Waals surface area contributed by atoms with E-state index in [1.165, 1.54) is 36.9 Å². The van der Waals surface area contributed by atoms with E-state index >= 15 is 0 Å². The van der Waals surface area contributed by atoms with Crippen LogP contribution in [0.1, 0.15) is 24.7 Å². The summed E-state index contributed by atoms with van der Waals surface area (Å²) < 4.78 is 51.1. The second kappa shape index (κ2) is 8.96. The predicted molar refractivity (Wildman–Crippen MR) is 107 cm³/mol. The minimum absolute atomic E-state index is 0.0715. The van der Waals surface area contributed by atoms with Gasteiger partial charge in [0.05, 0.1) is 6.61 Å². The quantitative estimate of drug-likeness (QED) is 0.503. The van der Waals surface area contributed by atoms with Gasteiger partial charge in [0.2, 0.25) is 0 Å². The molecule has 0 aliphatic rings. The lowest BCUT2D eigenvalue weighted by molar-refractivity contribution is -0.274. The molecule has 0 atom stereocenters. The number of ether oxygens (including phenoxy) is 2. The topological polar surface area (TPSA) is 80.3 Å². The Morgan fingerprint density at radius 2 is 1.84 bits per heavy atom. The lowest BCUT2D eigenvalue weighted by Gasteiger charge is -2.12. The van der Waals surface area contributed by atoms with E-state index < -0.39 is 17.6 Å². The number of benzene rings is 1. The maximum Gasteiger partial charge on any atom is 0.573 e. The van der Waals surface area contributed by atoms with Gasteiger partial charge in [-0.25, -0.2) is 9.78 Å². The molecule has 0 unspecified atom stereocenters. The zero-order valence-corrected chi connectivity index (χ0v) is 17.4. The van der Waals surface area contributed by atoms with Crippen molar-refractivity contribution in [2.75, 3.05) is 13.2 Å². The zero-order chi connectivity index (χ0) is 22.8. The van der Waals surface area contributed by atoms with E-state index in [2.05, 4.69) is 9.72 Å². The largest absolute Gasteiger partial charge is 0.573 e. The number of aryl methyl sites for hydroxylation is 1. The molecule has 0 radical (unpaired) electrons. The summed E-state index contributed by atoms with van der Waals surface area (Å²) in [5.41, 5.74) is -0.170. The van der Waals surface area contributed by atoms with Crippen LogP contribution in [-0.4, -0.2) is 38.3 Å². The first kappa shape index (κ1) is 22.6. The van der Waals surface area contributed by atoms with E-state index in [-0.39, 0.29) is 23.5 Å². The Kier molecular flexibility index (Phi) is 6.54. The fourth-order valence-corrected chi connectivity index (χ4v) is 3.29. The predicted octanol–water partition coefficient (Wildman–Crippen LogP) is 2.35. The van der Waals surface area contributed by atoms with Crippen molar-refractivity contribution >= 4 is 11.2 Å². The molecule has 11 heteroatoms. The number of imidazole rings is 1. The van der Waals surface area contributed by atoms with Gasteiger partial charge in [0.25, 0.3) is 5.56 Å². The highest BCUT2D eigenvalue weighted by molar-refractivity contribution is 5.71. The van der Waals surface area contributed by atoms with Gasteiger partial charge in [-0.3, -0.25) is 13.9 Å². The van der Waals surface area contributed by atoms with E-state index in [1.807, 2.05) is 6.92 Å². The Labute approximate surface area is 175 Å². The third-order valence-corrected chi connectivity index (χ3v) is 4.72. The third kappa shape index (κ3) is 4.98. The van der Waals surface area contributed by atoms with Gasteiger partial charge in [-0.15, -0.1) is 13.2 Å². The van der Waals surface area contributed by atoms with E-state index in [0.717, 1.165) is 11.0 Å². The first-order valence-electron chi connectivity index (χ1n) is 9.70. The molecule has 31 heavy (non-hydrogen) atoms. The molecule has 2 aromatic heterocycles. The highest BCUT2D eigenvalue weighted by Gasteiger charge is 2.31. The van der Waals surface area contributed by atoms with Crippen molar-refractivity contribution < 1.29 is 22.6 Å². The normalized spacial score (nSPS) is 11.9. The number of nitrogens with zero attached hydrogens (tertiary/aromatic N) is 4. The maximum absolute atomic E-state index is 12.8. The Morgan fingerprint density at radius 1 is 1.10 bits per heavy atom. The summed E-state index contributed by atoms with van der Waals surface area (Å²) in [4.78, 5) is 29.6. The molecular formula is C20H23F3N4O4. The van der Waals surface area contributed by atoms with Crippen molar-refractivity contribution in [3.05, 3.63) is 56.5 Å². The number of hydrogen-bond donors (Lipinski definition) is 0. The molecule has 0 fully saturated rings. The molecule has 0 N–H and O–H groups in total. The molecule has 3 rings (SSSR count). The summed E-state index contributed by atoms with van der Waals surface area (Å²) in [7, 11) is 2.87. The minimum Gasteiger partial charge on any atom is -0.406 e. The average Bonchev–Trinajstić information content (AvgIpc) is 3.05. The van der Waals surface area contributed by atoms with Crippen LogP contribution >= 0.6 is 0 Å². The Hall–Kier alpha value is -3.08. The number of halogens is 3. The van der Waals surface area contributed by atoms with Gasteiger partial charge in [-0.1, -0.05) is 19.1 Å². The number of rotatable bonds is 8. The van der Waals surface area contributed by atoms with Crippen LogP contribution in [0.15, 0.2) is 33.9 Å². The Balaban J connectivity index is 2.08. The zero-order valence-electron chi connectivity index (χ0n) is 17.4. The molecule has 0 aliphatic heterocycles. The number of fused-ring (bicyclic) bond motifs is 1. The monoisotopic (exact) mass is 440 g/mol. The van der Waals surface area contributed by atoms with Gasteiger partial charge in [-0.05, 0) is 24.1 Å². The third-order valence-electron chi connectivity index (χ3n) is 4.72. The Morgan fingerprint density at radius 3 is 2.52 bits per heavy atom. The fourth-order valence-electron chi connectivity index (χ4n) is 3.29. The van der Waals surface area contributed by atoms with E-state index in [9.17, 15) is 22.8 Å². The van der Waals surface area contributed by atoms with Crippen LogP contribution < -0.4 is 16.0 Å². The lowest BCUT2D eigenvalue weighted by Crippen LogP contribution is -2.37. The highest BCUT2D eigenvalue weighted by Crippen LogP contribution is 2.24. The molecule has 168 valence electrons.